The highest BCUT2D eigenvalue weighted by Crippen LogP contribution is 2.47. The number of allylic oxidation sites excluding steroid dienone is 2. The summed E-state index contributed by atoms with van der Waals surface area (Å²) in [6.45, 7) is 9.04. The topological polar surface area (TPSA) is 69.0 Å². The van der Waals surface area contributed by atoms with E-state index in [2.05, 4.69) is 26.1 Å². The highest BCUT2D eigenvalue weighted by atomic mass is 32.2. The molecule has 0 saturated heterocycles. The predicted molar refractivity (Wildman–Crippen MR) is 125 cm³/mol. The zero-order valence-corrected chi connectivity index (χ0v) is 19.7. The lowest BCUT2D eigenvalue weighted by Crippen LogP contribution is -2.36. The van der Waals surface area contributed by atoms with Crippen molar-refractivity contribution in [1.29, 1.82) is 0 Å². The molecule has 4 rings (SSSR count). The van der Waals surface area contributed by atoms with Crippen LogP contribution < -0.4 is 10.1 Å². The predicted octanol–water partition coefficient (Wildman–Crippen LogP) is 5.62. The summed E-state index contributed by atoms with van der Waals surface area (Å²) < 4.78 is 7.82. The Morgan fingerprint density at radius 3 is 2.81 bits per heavy atom. The first-order chi connectivity index (χ1) is 14.9. The number of nitrogens with one attached hydrogen (secondary N) is 1. The smallest absolute Gasteiger partial charge is 0.227 e. The van der Waals surface area contributed by atoms with Gasteiger partial charge in [-0.25, -0.2) is 4.68 Å². The quantitative estimate of drug-likeness (QED) is 0.425. The van der Waals surface area contributed by atoms with Gasteiger partial charge in [-0.15, -0.1) is 5.10 Å². The number of aromatic nitrogens is 3. The maximum Gasteiger partial charge on any atom is 0.227 e. The van der Waals surface area contributed by atoms with E-state index in [0.717, 1.165) is 46.3 Å². The van der Waals surface area contributed by atoms with E-state index in [0.29, 0.717) is 19.0 Å². The van der Waals surface area contributed by atoms with Gasteiger partial charge in [-0.2, -0.15) is 4.98 Å². The number of Topliss-reactive ketones (excluding diaryl/α,β-unsaturated/α-hetero) is 1. The monoisotopic (exact) mass is 440 g/mol. The number of thioether (sulfide) groups is 1. The molecule has 0 fully saturated rings. The fourth-order valence-corrected chi connectivity index (χ4v) is 5.27. The SMILES string of the molecule is CCCCCSc1nc2n(n1)[C@H](c1ccccc1OCC)C1=C(CC(C)(C)CC1=O)N2. The molecule has 1 aliphatic heterocycles. The molecule has 2 aliphatic rings. The minimum atomic E-state index is -0.324. The molecule has 2 aromatic rings. The molecule has 2 heterocycles. The van der Waals surface area contributed by atoms with Gasteiger partial charge in [0.05, 0.1) is 6.61 Å². The van der Waals surface area contributed by atoms with Crippen LogP contribution >= 0.6 is 11.8 Å². The molecule has 1 aromatic heterocycles. The van der Waals surface area contributed by atoms with Gasteiger partial charge in [0, 0.05) is 29.0 Å². The molecular weight excluding hydrogens is 408 g/mol. The lowest BCUT2D eigenvalue weighted by molar-refractivity contribution is -0.118. The van der Waals surface area contributed by atoms with Gasteiger partial charge in [0.25, 0.3) is 0 Å². The summed E-state index contributed by atoms with van der Waals surface area (Å²) in [6, 6.07) is 7.64. The van der Waals surface area contributed by atoms with E-state index in [1.807, 2.05) is 35.9 Å². The van der Waals surface area contributed by atoms with Gasteiger partial charge in [-0.05, 0) is 31.2 Å². The summed E-state index contributed by atoms with van der Waals surface area (Å²) in [6.07, 6.45) is 4.90. The molecule has 0 unspecified atom stereocenters. The number of rotatable bonds is 8. The van der Waals surface area contributed by atoms with Crippen molar-refractivity contribution in [3.63, 3.8) is 0 Å². The Bertz CT molecular complexity index is 995. The number of nitrogens with zero attached hydrogens (tertiary/aromatic N) is 3. The van der Waals surface area contributed by atoms with E-state index in [1.165, 1.54) is 12.8 Å². The fourth-order valence-electron chi connectivity index (χ4n) is 4.45. The molecule has 1 N–H and O–H groups in total. The van der Waals surface area contributed by atoms with Crippen LogP contribution in [0, 0.1) is 5.41 Å². The maximum atomic E-state index is 13.4. The largest absolute Gasteiger partial charge is 0.494 e. The van der Waals surface area contributed by atoms with E-state index in [-0.39, 0.29) is 17.2 Å². The zero-order valence-electron chi connectivity index (χ0n) is 18.9. The summed E-state index contributed by atoms with van der Waals surface area (Å²) in [5, 5.41) is 9.04. The third kappa shape index (κ3) is 4.52. The molecule has 7 heteroatoms. The van der Waals surface area contributed by atoms with Gasteiger partial charge in [0.1, 0.15) is 11.8 Å². The van der Waals surface area contributed by atoms with Gasteiger partial charge in [-0.3, -0.25) is 4.79 Å². The van der Waals surface area contributed by atoms with E-state index in [9.17, 15) is 4.79 Å². The summed E-state index contributed by atoms with van der Waals surface area (Å²) in [4.78, 5) is 18.1. The number of anilines is 1. The Balaban J connectivity index is 1.77. The molecule has 0 spiro atoms. The third-order valence-corrected chi connectivity index (χ3v) is 6.73. The van der Waals surface area contributed by atoms with Crippen molar-refractivity contribution in [1.82, 2.24) is 14.8 Å². The van der Waals surface area contributed by atoms with Crippen molar-refractivity contribution >= 4 is 23.5 Å². The van der Waals surface area contributed by atoms with Gasteiger partial charge >= 0.3 is 0 Å². The maximum absolute atomic E-state index is 13.4. The third-order valence-electron chi connectivity index (χ3n) is 5.80. The minimum Gasteiger partial charge on any atom is -0.494 e. The number of ether oxygens (including phenoxy) is 1. The van der Waals surface area contributed by atoms with Gasteiger partial charge < -0.3 is 10.1 Å². The van der Waals surface area contributed by atoms with Crippen molar-refractivity contribution in [2.45, 2.75) is 71.0 Å². The van der Waals surface area contributed by atoms with E-state index >= 15 is 0 Å². The Labute approximate surface area is 188 Å². The van der Waals surface area contributed by atoms with Crippen LogP contribution in [0.2, 0.25) is 0 Å². The Hall–Kier alpha value is -2.28. The van der Waals surface area contributed by atoms with Crippen molar-refractivity contribution in [2.24, 2.45) is 5.41 Å². The Morgan fingerprint density at radius 2 is 2.03 bits per heavy atom. The highest BCUT2D eigenvalue weighted by Gasteiger charge is 2.42. The van der Waals surface area contributed by atoms with Crippen molar-refractivity contribution < 1.29 is 9.53 Å². The fraction of sp³-hybridized carbons (Fsp3) is 0.542. The molecule has 0 saturated carbocycles. The molecule has 6 nitrogen and oxygen atoms in total. The number of hydrogen-bond acceptors (Lipinski definition) is 6. The number of carbonyl (C=O) groups excluding carboxylic acids is 1. The van der Waals surface area contributed by atoms with Crippen LogP contribution in [0.3, 0.4) is 0 Å². The van der Waals surface area contributed by atoms with Crippen molar-refractivity contribution in [2.75, 3.05) is 17.7 Å². The number of ketones is 1. The van der Waals surface area contributed by atoms with Crippen molar-refractivity contribution in [3.05, 3.63) is 41.1 Å². The summed E-state index contributed by atoms with van der Waals surface area (Å²) in [5.41, 5.74) is 2.65. The number of para-hydroxylation sites is 1. The van der Waals surface area contributed by atoms with Gasteiger partial charge in [-0.1, -0.05) is 63.6 Å². The number of carbonyl (C=O) groups is 1. The number of benzene rings is 1. The molecule has 1 aliphatic carbocycles. The van der Waals surface area contributed by atoms with Crippen LogP contribution in [0.4, 0.5) is 5.95 Å². The van der Waals surface area contributed by atoms with Crippen LogP contribution in [0.5, 0.6) is 5.75 Å². The first-order valence-corrected chi connectivity index (χ1v) is 12.3. The lowest BCUT2D eigenvalue weighted by Gasteiger charge is -2.38. The summed E-state index contributed by atoms with van der Waals surface area (Å²) in [5.74, 6) is 2.67. The molecule has 1 aromatic carbocycles. The highest BCUT2D eigenvalue weighted by molar-refractivity contribution is 7.99. The average molecular weight is 441 g/mol. The number of hydrogen-bond donors (Lipinski definition) is 1. The summed E-state index contributed by atoms with van der Waals surface area (Å²) in [7, 11) is 0. The Kier molecular flexibility index (Phi) is 6.42. The standard InChI is InChI=1S/C24H32N4O2S/c1-5-7-10-13-31-23-26-22-25-17-14-24(3,4)15-18(29)20(17)21(28(22)27-23)16-11-8-9-12-19(16)30-6-2/h8-9,11-12,21H,5-7,10,13-15H2,1-4H3,(H,25,26,27)/t21-/m1/s1. The lowest BCUT2D eigenvalue weighted by atomic mass is 9.73. The summed E-state index contributed by atoms with van der Waals surface area (Å²) >= 11 is 1.68. The van der Waals surface area contributed by atoms with Gasteiger partial charge in [0.2, 0.25) is 11.1 Å². The van der Waals surface area contributed by atoms with Gasteiger partial charge in [0.15, 0.2) is 5.78 Å². The molecule has 166 valence electrons. The van der Waals surface area contributed by atoms with Crippen molar-refractivity contribution in [3.8, 4) is 5.75 Å². The van der Waals surface area contributed by atoms with E-state index < -0.39 is 0 Å². The second kappa shape index (κ2) is 9.07. The molecule has 0 amide bonds. The van der Waals surface area contributed by atoms with Crippen LogP contribution in [-0.4, -0.2) is 32.9 Å². The number of unbranched alkanes of at least 4 members (excludes halogenated alkanes) is 2. The second-order valence-corrected chi connectivity index (χ2v) is 10.1. The minimum absolute atomic E-state index is 0.0766. The van der Waals surface area contributed by atoms with E-state index in [1.54, 1.807) is 11.8 Å². The Morgan fingerprint density at radius 1 is 1.23 bits per heavy atom. The first kappa shape index (κ1) is 21.9. The van der Waals surface area contributed by atoms with E-state index in [4.69, 9.17) is 14.8 Å². The molecular formula is C24H32N4O2S. The molecule has 0 radical (unpaired) electrons. The van der Waals surface area contributed by atoms with Crippen LogP contribution in [-0.2, 0) is 4.79 Å². The normalized spacial score (nSPS) is 19.6. The van der Waals surface area contributed by atoms with Crippen LogP contribution in [0.15, 0.2) is 40.7 Å². The first-order valence-electron chi connectivity index (χ1n) is 11.3. The molecule has 1 atom stereocenters. The second-order valence-electron chi connectivity index (χ2n) is 9.05. The van der Waals surface area contributed by atoms with Crippen LogP contribution in [0.1, 0.15) is 71.4 Å². The number of fused-ring (bicyclic) bond motifs is 1. The molecule has 0 bridgehead atoms. The van der Waals surface area contributed by atoms with Crippen LogP contribution in [0.25, 0.3) is 0 Å². The average Bonchev–Trinajstić information content (AvgIpc) is 3.12. The zero-order chi connectivity index (χ0) is 22.0. The molecule has 31 heavy (non-hydrogen) atoms.